The molecule has 3 N–H and O–H groups in total. The molecule has 0 bridgehead atoms. The molecule has 0 saturated heterocycles. The number of hydrogen-bond acceptors (Lipinski definition) is 2. The number of rotatable bonds is 4. The number of carbonyl (C=O) groups is 1. The third-order valence-corrected chi connectivity index (χ3v) is 3.17. The maximum Gasteiger partial charge on any atom is 0.227 e. The van der Waals surface area contributed by atoms with Gasteiger partial charge in [0.25, 0.3) is 0 Å². The van der Waals surface area contributed by atoms with Gasteiger partial charge in [0.1, 0.15) is 11.6 Å². The molecule has 0 spiro atoms. The van der Waals surface area contributed by atoms with Crippen molar-refractivity contribution in [3.8, 4) is 0 Å². The molecule has 1 aromatic rings. The number of hydrogen-bond donors (Lipinski definition) is 2. The Kier molecular flexibility index (Phi) is 3.11. The fourth-order valence-electron chi connectivity index (χ4n) is 1.72. The molecule has 0 heterocycles. The first-order valence-corrected chi connectivity index (χ1v) is 5.50. The summed E-state index contributed by atoms with van der Waals surface area (Å²) in [5.41, 5.74) is 5.17. The fourth-order valence-corrected chi connectivity index (χ4v) is 1.72. The Balaban J connectivity index is 1.98. The second kappa shape index (κ2) is 4.41. The van der Waals surface area contributed by atoms with Crippen molar-refractivity contribution < 1.29 is 13.6 Å². The van der Waals surface area contributed by atoms with Crippen LogP contribution in [0, 0.1) is 17.0 Å². The molecule has 0 aliphatic heterocycles. The largest absolute Gasteiger partial charge is 0.351 e. The Hall–Kier alpha value is -1.49. The van der Waals surface area contributed by atoms with Gasteiger partial charge in [0, 0.05) is 18.7 Å². The zero-order valence-electron chi connectivity index (χ0n) is 9.30. The van der Waals surface area contributed by atoms with E-state index < -0.39 is 17.0 Å². The van der Waals surface area contributed by atoms with Gasteiger partial charge in [-0.3, -0.25) is 4.79 Å². The second-order valence-corrected chi connectivity index (χ2v) is 4.40. The van der Waals surface area contributed by atoms with E-state index in [4.69, 9.17) is 5.73 Å². The van der Waals surface area contributed by atoms with E-state index in [0.29, 0.717) is 6.54 Å². The third-order valence-electron chi connectivity index (χ3n) is 3.17. The van der Waals surface area contributed by atoms with Gasteiger partial charge < -0.3 is 11.1 Å². The van der Waals surface area contributed by atoms with Crippen LogP contribution in [0.25, 0.3) is 0 Å². The predicted molar refractivity (Wildman–Crippen MR) is 58.9 cm³/mol. The lowest BCUT2D eigenvalue weighted by atomic mass is 10.1. The van der Waals surface area contributed by atoms with E-state index in [9.17, 15) is 13.6 Å². The molecule has 1 aromatic carbocycles. The number of nitrogens with one attached hydrogen (secondary N) is 1. The van der Waals surface area contributed by atoms with E-state index >= 15 is 0 Å². The molecule has 1 saturated carbocycles. The molecule has 92 valence electrons. The number of nitrogens with two attached hydrogens (primary N) is 1. The molecule has 2 rings (SSSR count). The molecule has 17 heavy (non-hydrogen) atoms. The molecule has 5 heteroatoms. The van der Waals surface area contributed by atoms with Crippen LogP contribution < -0.4 is 11.1 Å². The molecule has 0 unspecified atom stereocenters. The van der Waals surface area contributed by atoms with Crippen molar-refractivity contribution in [3.05, 3.63) is 35.4 Å². The molecular formula is C12H14F2N2O. The summed E-state index contributed by atoms with van der Waals surface area (Å²) in [6.45, 7) is 0.286. The van der Waals surface area contributed by atoms with E-state index in [1.54, 1.807) is 0 Å². The van der Waals surface area contributed by atoms with Crippen LogP contribution in [0.15, 0.2) is 18.2 Å². The molecule has 1 aliphatic rings. The molecule has 0 radical (unpaired) electrons. The zero-order chi connectivity index (χ0) is 12.5. The van der Waals surface area contributed by atoms with Crippen molar-refractivity contribution in [3.63, 3.8) is 0 Å². The summed E-state index contributed by atoms with van der Waals surface area (Å²) < 4.78 is 26.2. The Morgan fingerprint density at radius 3 is 2.71 bits per heavy atom. The molecule has 1 aliphatic carbocycles. The lowest BCUT2D eigenvalue weighted by molar-refractivity contribution is -0.126. The summed E-state index contributed by atoms with van der Waals surface area (Å²) in [6, 6.07) is 3.17. The van der Waals surface area contributed by atoms with Gasteiger partial charge in [0.15, 0.2) is 0 Å². The summed E-state index contributed by atoms with van der Waals surface area (Å²) in [4.78, 5) is 11.7. The highest BCUT2D eigenvalue weighted by Crippen LogP contribution is 2.44. The van der Waals surface area contributed by atoms with Crippen molar-refractivity contribution in [2.24, 2.45) is 11.1 Å². The minimum atomic E-state index is -0.524. The van der Waals surface area contributed by atoms with Crippen LogP contribution >= 0.6 is 0 Å². The Morgan fingerprint density at radius 2 is 2.12 bits per heavy atom. The summed E-state index contributed by atoms with van der Waals surface area (Å²) in [6.07, 6.45) is 1.53. The molecule has 1 fully saturated rings. The molecule has 0 atom stereocenters. The topological polar surface area (TPSA) is 55.1 Å². The summed E-state index contributed by atoms with van der Waals surface area (Å²) in [5.74, 6) is -1.22. The standard InChI is InChI=1S/C12H14F2N2O/c13-9-1-2-10(14)8(5-9)6-16-11(17)12(7-15)3-4-12/h1-2,5H,3-4,6-7,15H2,(H,16,17). The first-order valence-electron chi connectivity index (χ1n) is 5.50. The molecule has 0 aromatic heterocycles. The Labute approximate surface area is 98.0 Å². The highest BCUT2D eigenvalue weighted by atomic mass is 19.1. The van der Waals surface area contributed by atoms with E-state index in [2.05, 4.69) is 5.32 Å². The van der Waals surface area contributed by atoms with Crippen LogP contribution in [0.4, 0.5) is 8.78 Å². The summed E-state index contributed by atoms with van der Waals surface area (Å²) in [5, 5.41) is 2.60. The van der Waals surface area contributed by atoms with Crippen LogP contribution in [0.1, 0.15) is 18.4 Å². The van der Waals surface area contributed by atoms with E-state index in [0.717, 1.165) is 31.0 Å². The second-order valence-electron chi connectivity index (χ2n) is 4.40. The van der Waals surface area contributed by atoms with Gasteiger partial charge >= 0.3 is 0 Å². The number of carbonyl (C=O) groups excluding carboxylic acids is 1. The van der Waals surface area contributed by atoms with Gasteiger partial charge in [0.2, 0.25) is 5.91 Å². The Bertz CT molecular complexity index is 444. The third kappa shape index (κ3) is 2.44. The molecular weight excluding hydrogens is 226 g/mol. The quantitative estimate of drug-likeness (QED) is 0.834. The van der Waals surface area contributed by atoms with Crippen LogP contribution in [-0.4, -0.2) is 12.5 Å². The lowest BCUT2D eigenvalue weighted by Crippen LogP contribution is -2.36. The number of benzene rings is 1. The van der Waals surface area contributed by atoms with Crippen LogP contribution in [0.5, 0.6) is 0 Å². The molecule has 3 nitrogen and oxygen atoms in total. The SMILES string of the molecule is NCC1(C(=O)NCc2cc(F)ccc2F)CC1. The summed E-state index contributed by atoms with van der Waals surface area (Å²) >= 11 is 0. The monoisotopic (exact) mass is 240 g/mol. The lowest BCUT2D eigenvalue weighted by Gasteiger charge is -2.13. The van der Waals surface area contributed by atoms with Crippen LogP contribution in [0.3, 0.4) is 0 Å². The van der Waals surface area contributed by atoms with Crippen molar-refractivity contribution in [1.29, 1.82) is 0 Å². The predicted octanol–water partition coefficient (Wildman–Crippen LogP) is 1.32. The molecule has 1 amide bonds. The van der Waals surface area contributed by atoms with Gasteiger partial charge in [0.05, 0.1) is 5.41 Å². The normalized spacial score (nSPS) is 16.6. The fraction of sp³-hybridized carbons (Fsp3) is 0.417. The summed E-state index contributed by atoms with van der Waals surface area (Å²) in [7, 11) is 0. The maximum absolute atomic E-state index is 13.3. The first-order chi connectivity index (χ1) is 8.07. The van der Waals surface area contributed by atoms with Crippen LogP contribution in [-0.2, 0) is 11.3 Å². The smallest absolute Gasteiger partial charge is 0.227 e. The highest BCUT2D eigenvalue weighted by molar-refractivity contribution is 5.85. The van der Waals surface area contributed by atoms with Crippen molar-refractivity contribution in [2.45, 2.75) is 19.4 Å². The van der Waals surface area contributed by atoms with Crippen molar-refractivity contribution >= 4 is 5.91 Å². The minimum Gasteiger partial charge on any atom is -0.351 e. The van der Waals surface area contributed by atoms with Gasteiger partial charge in [-0.05, 0) is 31.0 Å². The van der Waals surface area contributed by atoms with Gasteiger partial charge in [-0.1, -0.05) is 0 Å². The zero-order valence-corrected chi connectivity index (χ0v) is 9.30. The first kappa shape index (κ1) is 12.0. The Morgan fingerprint density at radius 1 is 1.41 bits per heavy atom. The minimum absolute atomic E-state index is 0.00975. The van der Waals surface area contributed by atoms with E-state index in [1.165, 1.54) is 0 Å². The number of halogens is 2. The van der Waals surface area contributed by atoms with Crippen LogP contribution in [0.2, 0.25) is 0 Å². The van der Waals surface area contributed by atoms with Gasteiger partial charge in [-0.25, -0.2) is 8.78 Å². The van der Waals surface area contributed by atoms with E-state index in [-0.39, 0.29) is 18.0 Å². The maximum atomic E-state index is 13.3. The average Bonchev–Trinajstić information content (AvgIpc) is 3.11. The van der Waals surface area contributed by atoms with Gasteiger partial charge in [-0.15, -0.1) is 0 Å². The van der Waals surface area contributed by atoms with Crippen molar-refractivity contribution in [1.82, 2.24) is 5.32 Å². The van der Waals surface area contributed by atoms with Gasteiger partial charge in [-0.2, -0.15) is 0 Å². The number of amides is 1. The van der Waals surface area contributed by atoms with Crippen molar-refractivity contribution in [2.75, 3.05) is 6.54 Å². The highest BCUT2D eigenvalue weighted by Gasteiger charge is 2.48. The average molecular weight is 240 g/mol. The van der Waals surface area contributed by atoms with E-state index in [1.807, 2.05) is 0 Å².